The molecule has 0 aromatic carbocycles. The van der Waals surface area contributed by atoms with Crippen molar-refractivity contribution in [2.75, 3.05) is 13.1 Å². The number of unbranched alkanes of at least 4 members (excludes halogenated alkanes) is 1. The Hall–Kier alpha value is -1.08. The Morgan fingerprint density at radius 1 is 1.42 bits per heavy atom. The molecule has 1 aliphatic heterocycles. The zero-order chi connectivity index (χ0) is 13.9. The van der Waals surface area contributed by atoms with E-state index in [1.54, 1.807) is 4.90 Å². The number of rotatable bonds is 5. The molecule has 0 aliphatic carbocycles. The fourth-order valence-corrected chi connectivity index (χ4v) is 2.91. The highest BCUT2D eigenvalue weighted by atomic mass is 32.1. The van der Waals surface area contributed by atoms with Crippen molar-refractivity contribution >= 4 is 17.2 Å². The first-order valence-corrected chi connectivity index (χ1v) is 6.98. The van der Waals surface area contributed by atoms with Crippen LogP contribution in [0.15, 0.2) is 17.5 Å². The maximum Gasteiger partial charge on any atom is 0.389 e. The molecule has 7 heteroatoms. The lowest BCUT2D eigenvalue weighted by atomic mass is 10.2. The van der Waals surface area contributed by atoms with E-state index in [-0.39, 0.29) is 25.0 Å². The molecule has 1 aliphatic rings. The van der Waals surface area contributed by atoms with Gasteiger partial charge in [0.1, 0.15) is 6.17 Å². The minimum Gasteiger partial charge on any atom is -0.321 e. The molecule has 1 unspecified atom stereocenters. The van der Waals surface area contributed by atoms with E-state index in [9.17, 15) is 18.0 Å². The summed E-state index contributed by atoms with van der Waals surface area (Å²) in [5, 5.41) is 5.00. The SMILES string of the molecule is O=C1CNC(c2cccs2)N1CCCCC(F)(F)F. The number of hydrogen-bond donors (Lipinski definition) is 1. The lowest BCUT2D eigenvalue weighted by molar-refractivity contribution is -0.136. The van der Waals surface area contributed by atoms with Gasteiger partial charge in [-0.1, -0.05) is 6.07 Å². The highest BCUT2D eigenvalue weighted by molar-refractivity contribution is 7.10. The van der Waals surface area contributed by atoms with E-state index in [1.165, 1.54) is 11.3 Å². The second-order valence-corrected chi connectivity index (χ2v) is 5.44. The van der Waals surface area contributed by atoms with Crippen molar-refractivity contribution < 1.29 is 18.0 Å². The van der Waals surface area contributed by atoms with Gasteiger partial charge < -0.3 is 4.90 Å². The molecule has 1 aromatic heterocycles. The zero-order valence-corrected chi connectivity index (χ0v) is 11.1. The van der Waals surface area contributed by atoms with Crippen LogP contribution in [-0.2, 0) is 4.79 Å². The zero-order valence-electron chi connectivity index (χ0n) is 10.2. The molecule has 0 spiro atoms. The summed E-state index contributed by atoms with van der Waals surface area (Å²) in [5.41, 5.74) is 0. The molecule has 1 N–H and O–H groups in total. The van der Waals surface area contributed by atoms with Crippen molar-refractivity contribution in [3.05, 3.63) is 22.4 Å². The van der Waals surface area contributed by atoms with Crippen LogP contribution < -0.4 is 5.32 Å². The maximum atomic E-state index is 12.0. The number of nitrogens with zero attached hydrogens (tertiary/aromatic N) is 1. The Kier molecular flexibility index (Phi) is 4.46. The summed E-state index contributed by atoms with van der Waals surface area (Å²) in [5.74, 6) is -0.0505. The van der Waals surface area contributed by atoms with Crippen LogP contribution in [0.3, 0.4) is 0 Å². The number of halogens is 3. The molecular formula is C12H15F3N2OS. The second-order valence-electron chi connectivity index (χ2n) is 4.46. The predicted octanol–water partition coefficient (Wildman–Crippen LogP) is 2.91. The molecule has 0 bridgehead atoms. The molecule has 0 saturated carbocycles. The highest BCUT2D eigenvalue weighted by Crippen LogP contribution is 2.27. The van der Waals surface area contributed by atoms with E-state index in [2.05, 4.69) is 5.32 Å². The van der Waals surface area contributed by atoms with Gasteiger partial charge in [-0.25, -0.2) is 0 Å². The van der Waals surface area contributed by atoms with E-state index < -0.39 is 12.6 Å². The van der Waals surface area contributed by atoms with E-state index >= 15 is 0 Å². The minimum absolute atomic E-state index is 0.0505. The van der Waals surface area contributed by atoms with Crippen molar-refractivity contribution in [2.24, 2.45) is 0 Å². The summed E-state index contributed by atoms with van der Waals surface area (Å²) in [6.45, 7) is 0.617. The van der Waals surface area contributed by atoms with Crippen molar-refractivity contribution in [1.82, 2.24) is 10.2 Å². The fraction of sp³-hybridized carbons (Fsp3) is 0.583. The number of alkyl halides is 3. The van der Waals surface area contributed by atoms with Crippen LogP contribution in [0.2, 0.25) is 0 Å². The van der Waals surface area contributed by atoms with Gasteiger partial charge in [-0.05, 0) is 24.3 Å². The minimum atomic E-state index is -4.11. The van der Waals surface area contributed by atoms with Crippen LogP contribution in [0.4, 0.5) is 13.2 Å². The standard InChI is InChI=1S/C12H15F3N2OS/c13-12(14,15)5-1-2-6-17-10(18)8-16-11(17)9-4-3-7-19-9/h3-4,7,11,16H,1-2,5-6,8H2. The van der Waals surface area contributed by atoms with Crippen molar-refractivity contribution in [3.8, 4) is 0 Å². The summed E-state index contributed by atoms with van der Waals surface area (Å²) >= 11 is 1.53. The van der Waals surface area contributed by atoms with Gasteiger partial charge >= 0.3 is 6.18 Å². The normalized spacial score (nSPS) is 20.3. The van der Waals surface area contributed by atoms with Crippen molar-refractivity contribution in [1.29, 1.82) is 0 Å². The monoisotopic (exact) mass is 292 g/mol. The molecule has 1 aromatic rings. The summed E-state index contributed by atoms with van der Waals surface area (Å²) in [4.78, 5) is 14.4. The Balaban J connectivity index is 1.85. The lowest BCUT2D eigenvalue weighted by Crippen LogP contribution is -2.30. The summed E-state index contributed by atoms with van der Waals surface area (Å²) < 4.78 is 36.1. The topological polar surface area (TPSA) is 32.3 Å². The molecule has 106 valence electrons. The predicted molar refractivity (Wildman–Crippen MR) is 66.7 cm³/mol. The molecular weight excluding hydrogens is 277 g/mol. The van der Waals surface area contributed by atoms with Gasteiger partial charge in [0.2, 0.25) is 5.91 Å². The molecule has 2 heterocycles. The van der Waals surface area contributed by atoms with Crippen molar-refractivity contribution in [3.63, 3.8) is 0 Å². The van der Waals surface area contributed by atoms with Gasteiger partial charge in [-0.2, -0.15) is 13.2 Å². The molecule has 1 fully saturated rings. The molecule has 1 amide bonds. The van der Waals surface area contributed by atoms with Crippen LogP contribution in [-0.4, -0.2) is 30.1 Å². The van der Waals surface area contributed by atoms with E-state index in [1.807, 2.05) is 17.5 Å². The third-order valence-corrected chi connectivity index (χ3v) is 3.93. The number of amides is 1. The van der Waals surface area contributed by atoms with Crippen LogP contribution >= 0.6 is 11.3 Å². The smallest absolute Gasteiger partial charge is 0.321 e. The van der Waals surface area contributed by atoms with Gasteiger partial charge in [0.15, 0.2) is 0 Å². The number of carbonyl (C=O) groups is 1. The van der Waals surface area contributed by atoms with Gasteiger partial charge in [-0.3, -0.25) is 10.1 Å². The number of thiophene rings is 1. The average molecular weight is 292 g/mol. The number of nitrogens with one attached hydrogen (secondary N) is 1. The van der Waals surface area contributed by atoms with Crippen LogP contribution in [0.25, 0.3) is 0 Å². The summed E-state index contributed by atoms with van der Waals surface area (Å²) in [7, 11) is 0. The number of carbonyl (C=O) groups excluding carboxylic acids is 1. The average Bonchev–Trinajstić information content (AvgIpc) is 2.93. The Morgan fingerprint density at radius 2 is 2.21 bits per heavy atom. The Morgan fingerprint density at radius 3 is 2.84 bits per heavy atom. The van der Waals surface area contributed by atoms with E-state index in [0.717, 1.165) is 4.88 Å². The summed E-state index contributed by atoms with van der Waals surface area (Å²) in [6.07, 6.45) is -4.65. The van der Waals surface area contributed by atoms with Crippen LogP contribution in [0.5, 0.6) is 0 Å². The van der Waals surface area contributed by atoms with Crippen LogP contribution in [0, 0.1) is 0 Å². The lowest BCUT2D eigenvalue weighted by Gasteiger charge is -2.23. The van der Waals surface area contributed by atoms with Gasteiger partial charge in [0.05, 0.1) is 6.54 Å². The quantitative estimate of drug-likeness (QED) is 0.846. The third kappa shape index (κ3) is 3.94. The largest absolute Gasteiger partial charge is 0.389 e. The molecule has 2 rings (SSSR count). The second kappa shape index (κ2) is 5.92. The first-order chi connectivity index (χ1) is 8.97. The fourth-order valence-electron chi connectivity index (χ4n) is 2.10. The van der Waals surface area contributed by atoms with Gasteiger partial charge in [0, 0.05) is 17.8 Å². The maximum absolute atomic E-state index is 12.0. The van der Waals surface area contributed by atoms with Crippen LogP contribution in [0.1, 0.15) is 30.3 Å². The molecule has 0 radical (unpaired) electrons. The third-order valence-electron chi connectivity index (χ3n) is 3.00. The summed E-state index contributed by atoms with van der Waals surface area (Å²) in [6, 6.07) is 3.82. The van der Waals surface area contributed by atoms with E-state index in [0.29, 0.717) is 13.0 Å². The molecule has 3 nitrogen and oxygen atoms in total. The first-order valence-electron chi connectivity index (χ1n) is 6.10. The van der Waals surface area contributed by atoms with E-state index in [4.69, 9.17) is 0 Å². The molecule has 1 saturated heterocycles. The highest BCUT2D eigenvalue weighted by Gasteiger charge is 2.32. The van der Waals surface area contributed by atoms with Gasteiger partial charge in [-0.15, -0.1) is 11.3 Å². The number of hydrogen-bond acceptors (Lipinski definition) is 3. The molecule has 1 atom stereocenters. The van der Waals surface area contributed by atoms with Gasteiger partial charge in [0.25, 0.3) is 0 Å². The Bertz CT molecular complexity index is 419. The molecule has 19 heavy (non-hydrogen) atoms. The van der Waals surface area contributed by atoms with Crippen molar-refractivity contribution in [2.45, 2.75) is 31.6 Å². The Labute approximate surface area is 113 Å². The first kappa shape index (κ1) is 14.3.